The Balaban J connectivity index is 1.98. The molecule has 0 aliphatic carbocycles. The van der Waals surface area contributed by atoms with Crippen LogP contribution in [-0.4, -0.2) is 33.9 Å². The molecular formula is C20H25NO2. The molecule has 2 aromatic rings. The lowest BCUT2D eigenvalue weighted by Gasteiger charge is -2.51. The Morgan fingerprint density at radius 1 is 0.957 bits per heavy atom. The first-order valence-electron chi connectivity index (χ1n) is 8.24. The van der Waals surface area contributed by atoms with Crippen molar-refractivity contribution in [1.29, 1.82) is 0 Å². The monoisotopic (exact) mass is 311 g/mol. The molecule has 0 amide bonds. The molecule has 0 spiro atoms. The predicted octanol–water partition coefficient (Wildman–Crippen LogP) is 2.92. The van der Waals surface area contributed by atoms with Gasteiger partial charge in [-0.1, -0.05) is 60.7 Å². The average Bonchev–Trinajstić information content (AvgIpc) is 2.57. The molecule has 1 aliphatic heterocycles. The van der Waals surface area contributed by atoms with Gasteiger partial charge in [0.25, 0.3) is 0 Å². The van der Waals surface area contributed by atoms with Crippen LogP contribution in [0.1, 0.15) is 30.9 Å². The topological polar surface area (TPSA) is 43.7 Å². The smallest absolute Gasteiger partial charge is 0.0747 e. The maximum atomic E-state index is 10.6. The first-order valence-corrected chi connectivity index (χ1v) is 8.24. The van der Waals surface area contributed by atoms with Crippen LogP contribution in [-0.2, 0) is 12.1 Å². The number of hydrogen-bond acceptors (Lipinski definition) is 3. The standard InChI is InChI=1S/C20H25NO2/c1-19(23)12-13-20(16-22,18-10-6-3-7-11-18)21(15-19)14-17-8-4-2-5-9-17/h2-11,22-23H,12-16H2,1H3/t19-,20-/m1/s1. The van der Waals surface area contributed by atoms with Crippen molar-refractivity contribution in [2.45, 2.75) is 37.5 Å². The van der Waals surface area contributed by atoms with E-state index in [1.165, 1.54) is 5.56 Å². The fourth-order valence-electron chi connectivity index (χ4n) is 3.63. The number of aliphatic hydroxyl groups is 2. The van der Waals surface area contributed by atoms with Crippen LogP contribution in [0.5, 0.6) is 0 Å². The normalized spacial score (nSPS) is 28.7. The number of benzene rings is 2. The molecule has 1 fully saturated rings. The van der Waals surface area contributed by atoms with Gasteiger partial charge in [-0.05, 0) is 30.9 Å². The maximum Gasteiger partial charge on any atom is 0.0747 e. The van der Waals surface area contributed by atoms with Crippen LogP contribution in [0.4, 0.5) is 0 Å². The van der Waals surface area contributed by atoms with Gasteiger partial charge in [0.1, 0.15) is 0 Å². The van der Waals surface area contributed by atoms with Gasteiger partial charge in [0.2, 0.25) is 0 Å². The van der Waals surface area contributed by atoms with Gasteiger partial charge in [-0.3, -0.25) is 4.90 Å². The van der Waals surface area contributed by atoms with Gasteiger partial charge in [-0.15, -0.1) is 0 Å². The lowest BCUT2D eigenvalue weighted by atomic mass is 9.76. The summed E-state index contributed by atoms with van der Waals surface area (Å²) in [5.74, 6) is 0. The van der Waals surface area contributed by atoms with E-state index in [4.69, 9.17) is 0 Å². The van der Waals surface area contributed by atoms with Gasteiger partial charge in [0.05, 0.1) is 17.7 Å². The van der Waals surface area contributed by atoms with Crippen molar-refractivity contribution in [2.75, 3.05) is 13.2 Å². The molecule has 3 heteroatoms. The summed E-state index contributed by atoms with van der Waals surface area (Å²) in [6, 6.07) is 20.4. The van der Waals surface area contributed by atoms with Crippen molar-refractivity contribution >= 4 is 0 Å². The molecular weight excluding hydrogens is 286 g/mol. The summed E-state index contributed by atoms with van der Waals surface area (Å²) < 4.78 is 0. The third-order valence-electron chi connectivity index (χ3n) is 5.00. The minimum Gasteiger partial charge on any atom is -0.394 e. The Labute approximate surface area is 138 Å². The van der Waals surface area contributed by atoms with Gasteiger partial charge in [0.15, 0.2) is 0 Å². The molecule has 0 aromatic heterocycles. The van der Waals surface area contributed by atoms with E-state index in [2.05, 4.69) is 29.2 Å². The van der Waals surface area contributed by atoms with E-state index in [0.717, 1.165) is 12.0 Å². The molecule has 122 valence electrons. The van der Waals surface area contributed by atoms with Crippen molar-refractivity contribution in [1.82, 2.24) is 4.90 Å². The van der Waals surface area contributed by atoms with E-state index < -0.39 is 11.1 Å². The van der Waals surface area contributed by atoms with Crippen molar-refractivity contribution < 1.29 is 10.2 Å². The second-order valence-corrected chi connectivity index (χ2v) is 6.89. The van der Waals surface area contributed by atoms with E-state index in [9.17, 15) is 10.2 Å². The summed E-state index contributed by atoms with van der Waals surface area (Å²) >= 11 is 0. The number of likely N-dealkylation sites (tertiary alicyclic amines) is 1. The zero-order chi connectivity index (χ0) is 16.3. The Hall–Kier alpha value is -1.68. The fraction of sp³-hybridized carbons (Fsp3) is 0.400. The highest BCUT2D eigenvalue weighted by Gasteiger charge is 2.45. The summed E-state index contributed by atoms with van der Waals surface area (Å²) in [7, 11) is 0. The van der Waals surface area contributed by atoms with Crippen LogP contribution in [0.3, 0.4) is 0 Å². The summed E-state index contributed by atoms with van der Waals surface area (Å²) in [5.41, 5.74) is 1.16. The number of β-amino-alcohol motifs (C(OH)–C–C–N with tert-alkyl or cyclic N) is 1. The zero-order valence-corrected chi connectivity index (χ0v) is 13.7. The number of piperidine rings is 1. The molecule has 0 saturated carbocycles. The summed E-state index contributed by atoms with van der Waals surface area (Å²) in [6.07, 6.45) is 1.43. The summed E-state index contributed by atoms with van der Waals surface area (Å²) in [4.78, 5) is 2.24. The summed E-state index contributed by atoms with van der Waals surface area (Å²) in [5, 5.41) is 20.9. The Morgan fingerprint density at radius 3 is 2.17 bits per heavy atom. The molecule has 2 atom stereocenters. The second-order valence-electron chi connectivity index (χ2n) is 6.89. The van der Waals surface area contributed by atoms with Gasteiger partial charge in [-0.25, -0.2) is 0 Å². The average molecular weight is 311 g/mol. The van der Waals surface area contributed by atoms with E-state index in [1.807, 2.05) is 43.3 Å². The second kappa shape index (κ2) is 6.44. The van der Waals surface area contributed by atoms with Crippen molar-refractivity contribution in [2.24, 2.45) is 0 Å². The molecule has 1 saturated heterocycles. The minimum atomic E-state index is -0.720. The zero-order valence-electron chi connectivity index (χ0n) is 13.7. The number of hydrogen-bond donors (Lipinski definition) is 2. The number of rotatable bonds is 4. The van der Waals surface area contributed by atoms with Crippen molar-refractivity contribution in [3.05, 3.63) is 71.8 Å². The van der Waals surface area contributed by atoms with Crippen molar-refractivity contribution in [3.8, 4) is 0 Å². The Bertz CT molecular complexity index is 627. The molecule has 2 aromatic carbocycles. The first-order chi connectivity index (χ1) is 11.1. The molecule has 2 N–H and O–H groups in total. The SMILES string of the molecule is C[C@@]1(O)CC[C@@](CO)(c2ccccc2)N(Cc2ccccc2)C1. The predicted molar refractivity (Wildman–Crippen MR) is 91.9 cm³/mol. The van der Waals surface area contributed by atoms with Crippen LogP contribution < -0.4 is 0 Å². The molecule has 3 rings (SSSR count). The van der Waals surface area contributed by atoms with E-state index in [0.29, 0.717) is 19.5 Å². The van der Waals surface area contributed by atoms with E-state index >= 15 is 0 Å². The lowest BCUT2D eigenvalue weighted by molar-refractivity contribution is -0.102. The third kappa shape index (κ3) is 3.32. The van der Waals surface area contributed by atoms with Gasteiger partial charge in [-0.2, -0.15) is 0 Å². The van der Waals surface area contributed by atoms with Gasteiger partial charge in [0, 0.05) is 13.1 Å². The van der Waals surface area contributed by atoms with Crippen molar-refractivity contribution in [3.63, 3.8) is 0 Å². The van der Waals surface area contributed by atoms with E-state index in [1.54, 1.807) is 0 Å². The Kier molecular flexibility index (Phi) is 4.53. The maximum absolute atomic E-state index is 10.6. The minimum absolute atomic E-state index is 0.0555. The van der Waals surface area contributed by atoms with Gasteiger partial charge < -0.3 is 10.2 Å². The quantitative estimate of drug-likeness (QED) is 0.912. The van der Waals surface area contributed by atoms with Crippen LogP contribution in [0.15, 0.2) is 60.7 Å². The Morgan fingerprint density at radius 2 is 1.57 bits per heavy atom. The highest BCUT2D eigenvalue weighted by Crippen LogP contribution is 2.41. The third-order valence-corrected chi connectivity index (χ3v) is 5.00. The highest BCUT2D eigenvalue weighted by atomic mass is 16.3. The molecule has 3 nitrogen and oxygen atoms in total. The van der Waals surface area contributed by atoms with Crippen LogP contribution in [0.2, 0.25) is 0 Å². The molecule has 0 unspecified atom stereocenters. The largest absolute Gasteiger partial charge is 0.394 e. The van der Waals surface area contributed by atoms with Crippen LogP contribution >= 0.6 is 0 Å². The first kappa shape index (κ1) is 16.2. The molecule has 1 heterocycles. The van der Waals surface area contributed by atoms with Gasteiger partial charge >= 0.3 is 0 Å². The molecule has 0 bridgehead atoms. The number of aliphatic hydroxyl groups excluding tert-OH is 1. The van der Waals surface area contributed by atoms with E-state index in [-0.39, 0.29) is 6.61 Å². The van der Waals surface area contributed by atoms with Crippen LogP contribution in [0, 0.1) is 0 Å². The van der Waals surface area contributed by atoms with Crippen LogP contribution in [0.25, 0.3) is 0 Å². The summed E-state index contributed by atoms with van der Waals surface area (Å²) in [6.45, 7) is 3.21. The lowest BCUT2D eigenvalue weighted by Crippen LogP contribution is -2.58. The fourth-order valence-corrected chi connectivity index (χ4v) is 3.63. The molecule has 23 heavy (non-hydrogen) atoms. The highest BCUT2D eigenvalue weighted by molar-refractivity contribution is 5.27. The number of nitrogens with zero attached hydrogens (tertiary/aromatic N) is 1. The molecule has 1 aliphatic rings. The molecule has 0 radical (unpaired) electrons.